The molecule has 0 unspecified atom stereocenters. The summed E-state index contributed by atoms with van der Waals surface area (Å²) in [4.78, 5) is 25.0. The van der Waals surface area contributed by atoms with Crippen LogP contribution in [0.1, 0.15) is 33.6 Å². The molecule has 2 atom stereocenters. The van der Waals surface area contributed by atoms with Gasteiger partial charge in [0.05, 0.1) is 7.11 Å². The van der Waals surface area contributed by atoms with E-state index in [1.165, 1.54) is 19.1 Å². The Morgan fingerprint density at radius 1 is 1.17 bits per heavy atom. The number of ether oxygens (including phenoxy) is 3. The van der Waals surface area contributed by atoms with Gasteiger partial charge in [-0.05, 0) is 33.6 Å². The van der Waals surface area contributed by atoms with Gasteiger partial charge in [0, 0.05) is 7.11 Å². The van der Waals surface area contributed by atoms with Crippen LogP contribution in [0.15, 0.2) is 0 Å². The molecule has 0 N–H and O–H groups in total. The fraction of sp³-hybridized carbons (Fsp3) is 0.833. The van der Waals surface area contributed by atoms with Gasteiger partial charge in [-0.3, -0.25) is 4.90 Å². The maximum absolute atomic E-state index is 12.1. The standard InChI is InChI=1S/C12H21NO5/c1-12(2,3)18-11(15)13-8(10(14)17-5)6-7-9(13)16-4/h8-9H,6-7H2,1-5H3/t8-,9+/m0/s1. The number of nitrogens with zero attached hydrogens (tertiary/aromatic N) is 1. The van der Waals surface area contributed by atoms with Crippen LogP contribution in [0.25, 0.3) is 0 Å². The van der Waals surface area contributed by atoms with Crippen molar-refractivity contribution in [3.8, 4) is 0 Å². The summed E-state index contributed by atoms with van der Waals surface area (Å²) >= 11 is 0. The summed E-state index contributed by atoms with van der Waals surface area (Å²) in [6.45, 7) is 5.32. The number of carbonyl (C=O) groups excluding carboxylic acids is 2. The van der Waals surface area contributed by atoms with Gasteiger partial charge in [0.2, 0.25) is 0 Å². The lowest BCUT2D eigenvalue weighted by atomic mass is 10.2. The SMILES string of the molecule is COC(=O)[C@@H]1CC[C@@H](OC)N1C(=O)OC(C)(C)C. The van der Waals surface area contributed by atoms with E-state index >= 15 is 0 Å². The Balaban J connectivity index is 2.84. The van der Waals surface area contributed by atoms with Crippen molar-refractivity contribution in [3.05, 3.63) is 0 Å². The zero-order chi connectivity index (χ0) is 13.9. The average molecular weight is 259 g/mol. The molecule has 0 aromatic rings. The van der Waals surface area contributed by atoms with Crippen LogP contribution in [-0.2, 0) is 19.0 Å². The van der Waals surface area contributed by atoms with Crippen LogP contribution < -0.4 is 0 Å². The highest BCUT2D eigenvalue weighted by Crippen LogP contribution is 2.27. The van der Waals surface area contributed by atoms with E-state index in [-0.39, 0.29) is 0 Å². The maximum atomic E-state index is 12.1. The molecule has 0 spiro atoms. The minimum atomic E-state index is -0.630. The molecule has 0 aliphatic carbocycles. The first-order chi connectivity index (χ1) is 8.30. The van der Waals surface area contributed by atoms with Gasteiger partial charge in [-0.25, -0.2) is 9.59 Å². The van der Waals surface area contributed by atoms with E-state index < -0.39 is 29.9 Å². The smallest absolute Gasteiger partial charge is 0.413 e. The topological polar surface area (TPSA) is 65.1 Å². The molecule has 0 radical (unpaired) electrons. The summed E-state index contributed by atoms with van der Waals surface area (Å²) in [6.07, 6.45) is 0.117. The minimum absolute atomic E-state index is 0.441. The molecule has 1 saturated heterocycles. The minimum Gasteiger partial charge on any atom is -0.467 e. The van der Waals surface area contributed by atoms with Crippen LogP contribution in [0.3, 0.4) is 0 Å². The molecule has 1 aliphatic heterocycles. The third kappa shape index (κ3) is 3.35. The molecule has 1 aliphatic rings. The van der Waals surface area contributed by atoms with Crippen molar-refractivity contribution in [1.29, 1.82) is 0 Å². The predicted octanol–water partition coefficient (Wildman–Crippen LogP) is 1.53. The van der Waals surface area contributed by atoms with E-state index in [4.69, 9.17) is 14.2 Å². The molecule has 0 aromatic heterocycles. The van der Waals surface area contributed by atoms with Crippen LogP contribution in [0.2, 0.25) is 0 Å². The van der Waals surface area contributed by atoms with Crippen molar-refractivity contribution in [2.75, 3.05) is 14.2 Å². The number of amides is 1. The Hall–Kier alpha value is -1.30. The second-order valence-electron chi connectivity index (χ2n) is 5.19. The Labute approximate surface area is 107 Å². The van der Waals surface area contributed by atoms with Crippen molar-refractivity contribution < 1.29 is 23.8 Å². The first-order valence-electron chi connectivity index (χ1n) is 5.92. The first kappa shape index (κ1) is 14.8. The Bertz CT molecular complexity index is 323. The Morgan fingerprint density at radius 2 is 1.78 bits per heavy atom. The van der Waals surface area contributed by atoms with Gasteiger partial charge in [0.1, 0.15) is 17.9 Å². The van der Waals surface area contributed by atoms with E-state index in [0.717, 1.165) is 0 Å². The fourth-order valence-corrected chi connectivity index (χ4v) is 1.94. The lowest BCUT2D eigenvalue weighted by Gasteiger charge is -2.30. The summed E-state index contributed by atoms with van der Waals surface area (Å²) in [5, 5.41) is 0. The lowest BCUT2D eigenvalue weighted by molar-refractivity contribution is -0.148. The molecule has 0 saturated carbocycles. The van der Waals surface area contributed by atoms with Gasteiger partial charge in [-0.2, -0.15) is 0 Å². The second kappa shape index (κ2) is 5.56. The number of likely N-dealkylation sites (tertiary alicyclic amines) is 1. The van der Waals surface area contributed by atoms with E-state index in [2.05, 4.69) is 0 Å². The zero-order valence-corrected chi connectivity index (χ0v) is 11.6. The fourth-order valence-electron chi connectivity index (χ4n) is 1.94. The average Bonchev–Trinajstić information content (AvgIpc) is 2.69. The molecule has 1 fully saturated rings. The molecule has 1 amide bonds. The van der Waals surface area contributed by atoms with Crippen molar-refractivity contribution in [1.82, 2.24) is 4.90 Å². The molecule has 0 bridgehead atoms. The third-order valence-electron chi connectivity index (χ3n) is 2.68. The molecular weight excluding hydrogens is 238 g/mol. The summed E-state index contributed by atoms with van der Waals surface area (Å²) in [6, 6.07) is -0.630. The summed E-state index contributed by atoms with van der Waals surface area (Å²) in [5.74, 6) is -0.444. The summed E-state index contributed by atoms with van der Waals surface area (Å²) in [7, 11) is 2.80. The molecule has 6 nitrogen and oxygen atoms in total. The number of methoxy groups -OCH3 is 2. The Morgan fingerprint density at radius 3 is 2.22 bits per heavy atom. The highest BCUT2D eigenvalue weighted by Gasteiger charge is 2.43. The zero-order valence-electron chi connectivity index (χ0n) is 11.6. The van der Waals surface area contributed by atoms with Crippen molar-refractivity contribution in [2.45, 2.75) is 51.5 Å². The van der Waals surface area contributed by atoms with Crippen LogP contribution in [0.5, 0.6) is 0 Å². The molecule has 1 heterocycles. The molecule has 104 valence electrons. The van der Waals surface area contributed by atoms with Crippen LogP contribution in [0, 0.1) is 0 Å². The summed E-state index contributed by atoms with van der Waals surface area (Å²) < 4.78 is 15.2. The summed E-state index contributed by atoms with van der Waals surface area (Å²) in [5.41, 5.74) is -0.612. The number of carbonyl (C=O) groups is 2. The first-order valence-corrected chi connectivity index (χ1v) is 5.92. The van der Waals surface area contributed by atoms with Gasteiger partial charge >= 0.3 is 12.1 Å². The monoisotopic (exact) mass is 259 g/mol. The van der Waals surface area contributed by atoms with E-state index in [0.29, 0.717) is 12.8 Å². The van der Waals surface area contributed by atoms with E-state index in [9.17, 15) is 9.59 Å². The van der Waals surface area contributed by atoms with Gasteiger partial charge in [0.15, 0.2) is 0 Å². The molecule has 1 rings (SSSR count). The highest BCUT2D eigenvalue weighted by molar-refractivity contribution is 5.82. The predicted molar refractivity (Wildman–Crippen MR) is 63.9 cm³/mol. The van der Waals surface area contributed by atoms with Crippen LogP contribution in [0.4, 0.5) is 4.79 Å². The Kier molecular flexibility index (Phi) is 4.56. The van der Waals surface area contributed by atoms with Crippen molar-refractivity contribution >= 4 is 12.1 Å². The number of hydrogen-bond acceptors (Lipinski definition) is 5. The second-order valence-corrected chi connectivity index (χ2v) is 5.19. The van der Waals surface area contributed by atoms with Gasteiger partial charge in [-0.1, -0.05) is 0 Å². The molecule has 6 heteroatoms. The van der Waals surface area contributed by atoms with E-state index in [1.807, 2.05) is 0 Å². The number of esters is 1. The number of rotatable bonds is 2. The van der Waals surface area contributed by atoms with Crippen molar-refractivity contribution in [2.24, 2.45) is 0 Å². The molecule has 0 aromatic carbocycles. The highest BCUT2D eigenvalue weighted by atomic mass is 16.6. The van der Waals surface area contributed by atoms with E-state index in [1.54, 1.807) is 20.8 Å². The normalized spacial score (nSPS) is 23.9. The molecule has 18 heavy (non-hydrogen) atoms. The quantitative estimate of drug-likeness (QED) is 0.704. The van der Waals surface area contributed by atoms with Gasteiger partial charge in [0.25, 0.3) is 0 Å². The van der Waals surface area contributed by atoms with Gasteiger partial charge in [-0.15, -0.1) is 0 Å². The largest absolute Gasteiger partial charge is 0.467 e. The third-order valence-corrected chi connectivity index (χ3v) is 2.68. The van der Waals surface area contributed by atoms with Crippen molar-refractivity contribution in [3.63, 3.8) is 0 Å². The van der Waals surface area contributed by atoms with Crippen LogP contribution >= 0.6 is 0 Å². The maximum Gasteiger partial charge on any atom is 0.413 e. The number of hydrogen-bond donors (Lipinski definition) is 0. The lowest BCUT2D eigenvalue weighted by Crippen LogP contribution is -2.48. The van der Waals surface area contributed by atoms with Gasteiger partial charge < -0.3 is 14.2 Å². The molecular formula is C12H21NO5. The van der Waals surface area contributed by atoms with Crippen LogP contribution in [-0.4, -0.2) is 49.1 Å².